The van der Waals surface area contributed by atoms with Gasteiger partial charge in [-0.3, -0.25) is 42.5 Å². The molecule has 0 unspecified atom stereocenters. The maximum absolute atomic E-state index is 14.7. The van der Waals surface area contributed by atoms with E-state index in [9.17, 15) is 80.9 Å². The number of fused-ring (bicyclic) bond motifs is 3. The van der Waals surface area contributed by atoms with Gasteiger partial charge in [0, 0.05) is 52.6 Å². The molecule has 144 heavy (non-hydrogen) atoms. The van der Waals surface area contributed by atoms with Gasteiger partial charge in [-0.1, -0.05) is 158 Å². The Bertz CT molecular complexity index is 7260. The van der Waals surface area contributed by atoms with Crippen molar-refractivity contribution in [3.63, 3.8) is 0 Å². The van der Waals surface area contributed by atoms with E-state index in [2.05, 4.69) is 30.6 Å². The number of carbonyl (C=O) groups is 6. The van der Waals surface area contributed by atoms with Crippen LogP contribution in [0.4, 0.5) is 13.2 Å². The highest BCUT2D eigenvalue weighted by molar-refractivity contribution is 7.22. The van der Waals surface area contributed by atoms with E-state index in [0.29, 0.717) is 38.3 Å². The Balaban J connectivity index is 0.000000248. The molecule has 14 rings (SSSR count). The Morgan fingerprint density at radius 1 is 0.410 bits per heavy atom. The second-order valence-electron chi connectivity index (χ2n) is 35.6. The van der Waals surface area contributed by atoms with Crippen molar-refractivity contribution in [3.8, 4) is 32.3 Å². The molecule has 0 aliphatic heterocycles. The van der Waals surface area contributed by atoms with Crippen LogP contribution >= 0.6 is 34.0 Å². The molecule has 37 nitrogen and oxygen atoms in total. The van der Waals surface area contributed by atoms with Gasteiger partial charge in [0.15, 0.2) is 17.3 Å². The molecule has 0 amide bonds. The molecule has 0 bridgehead atoms. The number of aliphatic carboxylic acids is 1. The summed E-state index contributed by atoms with van der Waals surface area (Å²) in [5, 5.41) is 55.9. The number of ketones is 3. The average Bonchev–Trinajstić information content (AvgIpc) is 1.51. The lowest BCUT2D eigenvalue weighted by molar-refractivity contribution is -0.156. The van der Waals surface area contributed by atoms with Gasteiger partial charge in [0.25, 0.3) is 16.7 Å². The van der Waals surface area contributed by atoms with Crippen LogP contribution < -0.4 is 48.0 Å². The van der Waals surface area contributed by atoms with E-state index < -0.39 is 124 Å². The normalized spacial score (nSPS) is 12.1. The van der Waals surface area contributed by atoms with Gasteiger partial charge in [0.05, 0.1) is 108 Å². The number of carbonyl (C=O) groups excluding carboxylic acids is 5. The van der Waals surface area contributed by atoms with E-state index >= 15 is 0 Å². The highest BCUT2D eigenvalue weighted by atomic mass is 32.1. The molecule has 0 radical (unpaired) electrons. The number of rotatable bonds is 38. The average molecular weight is 2050 g/mol. The molecule has 0 aliphatic rings. The number of methoxy groups -OCH3 is 3. The van der Waals surface area contributed by atoms with Crippen LogP contribution in [0.15, 0.2) is 181 Å². The lowest BCUT2D eigenvalue weighted by Crippen LogP contribution is -2.53. The van der Waals surface area contributed by atoms with E-state index in [1.54, 1.807) is 34.6 Å². The van der Waals surface area contributed by atoms with E-state index in [-0.39, 0.29) is 168 Å². The SMILES string of the molecule is C.C.C.COc1ccc(F)cc1[C@@H](Cn1c(=O)n(C(C)(C)C(=O)CC(C)C)c(=O)c2c(C)c(-n3nccn3)sc21)OC(=O)CO.COc1ccc(F)cc1[C@@H](Cn1c(=O)n(C(C)(C)C(=O)CC(C)C)c(=O)c2c(C)c(-n3nccn3)sc21)OC(=O)COCc1ccccc1.COc1ccc(F)cc1[C@@H](O)Cn1c(=O)n(C(C)(C)C(=O)CC(C)C)c(=O)c2c(C)c(-n3nccn3)sc21.O=C(O)COCc1ccccc1. The van der Waals surface area contributed by atoms with Crippen molar-refractivity contribution in [3.05, 3.63) is 277 Å². The van der Waals surface area contributed by atoms with E-state index in [4.69, 9.17) is 38.3 Å². The molecule has 14 aromatic rings. The van der Waals surface area contributed by atoms with Crippen molar-refractivity contribution in [2.75, 3.05) is 41.2 Å². The van der Waals surface area contributed by atoms with Crippen molar-refractivity contribution < 1.29 is 90.4 Å². The summed E-state index contributed by atoms with van der Waals surface area (Å²) in [7, 11) is 4.13. The highest BCUT2D eigenvalue weighted by Crippen LogP contribution is 2.40. The van der Waals surface area contributed by atoms with Crippen LogP contribution in [0.25, 0.3) is 45.7 Å². The number of aromatic nitrogens is 15. The van der Waals surface area contributed by atoms with Crippen LogP contribution in [0, 0.1) is 56.0 Å². The smallest absolute Gasteiger partial charge is 0.333 e. The van der Waals surface area contributed by atoms with Crippen LogP contribution in [0.2, 0.25) is 0 Å². The molecule has 43 heteroatoms. The molecule has 0 saturated carbocycles. The molecule has 9 aromatic heterocycles. The first kappa shape index (κ1) is 115. The second kappa shape index (κ2) is 49.7. The number of aliphatic hydroxyl groups excluding tert-OH is 2. The van der Waals surface area contributed by atoms with Gasteiger partial charge in [-0.15, -0.1) is 14.4 Å². The standard InChI is InChI=1S/C35H38FN5O7S.C28H32FN5O7S.C26H30FN5O5S.C9H10O3.3CH4/c1-21(2)16-28(42)35(4,5)40-31(44)30-22(3)32(41-37-14-15-38-41)49-33(30)39(34(40)45)18-27(25-17-24(36)12-13-26(25)46-6)48-29(43)20-47-19-23-10-8-7-9-11-23;1-15(2)11-21(36)28(4,5)33-24(38)23-16(3)25(34-30-9-10-31-34)42-26(23)32(27(33)39)13-20(41-22(37)14-35)18-12-17(29)7-8-19(18)40-6;1-14(2)11-20(34)26(4,5)31-22(35)21-15(3)23(32-28-9-10-29-32)38-24(21)30(25(31)36)13-18(33)17-12-16(27)7-8-19(17)37-6;10-9(11)7-12-6-8-4-2-1-3-5-8;;;/h7-15,17,21,27H,16,18-20H2,1-6H3;7-10,12,15,20,35H,11,13-14H2,1-6H3;7-10,12,14,18,33H,11,13H2,1-6H3;1-5H,6-7H2,(H,10,11);3*1H4/t27-;20-;18-;;;;/m110..../s1. The fourth-order valence-electron chi connectivity index (χ4n) is 15.7. The zero-order valence-corrected chi connectivity index (χ0v) is 83.3. The summed E-state index contributed by atoms with van der Waals surface area (Å²) in [6.07, 6.45) is 5.31. The molecule has 9 heterocycles. The van der Waals surface area contributed by atoms with Crippen LogP contribution in [0.5, 0.6) is 17.2 Å². The minimum absolute atomic E-state index is 0. The second-order valence-corrected chi connectivity index (χ2v) is 38.5. The largest absolute Gasteiger partial charge is 0.496 e. The molecule has 5 aromatic carbocycles. The Morgan fingerprint density at radius 2 is 0.694 bits per heavy atom. The molecule has 0 spiro atoms. The first-order valence-corrected chi connectivity index (χ1v) is 47.0. The summed E-state index contributed by atoms with van der Waals surface area (Å²) in [4.78, 5) is 165. The number of hydrogen-bond acceptors (Lipinski definition) is 30. The van der Waals surface area contributed by atoms with Crippen molar-refractivity contribution in [1.82, 2.24) is 72.4 Å². The van der Waals surface area contributed by atoms with E-state index in [1.807, 2.05) is 102 Å². The van der Waals surface area contributed by atoms with Gasteiger partial charge >= 0.3 is 35.0 Å². The number of Topliss-reactive ketones (excluding diaryl/α,β-unsaturated/α-hetero) is 3. The van der Waals surface area contributed by atoms with Crippen molar-refractivity contribution >= 4 is 99.9 Å². The van der Waals surface area contributed by atoms with Gasteiger partial charge in [-0.2, -0.15) is 30.6 Å². The fraction of sp³-hybridized carbons (Fsp3) is 0.406. The molecule has 3 N–H and O–H groups in total. The number of nitrogens with zero attached hydrogens (tertiary/aromatic N) is 15. The van der Waals surface area contributed by atoms with Crippen LogP contribution in [-0.4, -0.2) is 164 Å². The zero-order valence-electron chi connectivity index (χ0n) is 80.8. The number of carboxylic acid groups (broad SMARTS) is 1. The predicted octanol–water partition coefficient (Wildman–Crippen LogP) is 14.5. The molecule has 0 saturated heterocycles. The van der Waals surface area contributed by atoms with E-state index in [1.165, 1.54) is 145 Å². The molecule has 772 valence electrons. The molecule has 3 atom stereocenters. The van der Waals surface area contributed by atoms with Crippen LogP contribution in [0.3, 0.4) is 0 Å². The monoisotopic (exact) mass is 2050 g/mol. The van der Waals surface area contributed by atoms with Crippen molar-refractivity contribution in [1.29, 1.82) is 0 Å². The summed E-state index contributed by atoms with van der Waals surface area (Å²) in [6, 6.07) is 29.8. The number of carboxylic acids is 1. The maximum atomic E-state index is 14.7. The van der Waals surface area contributed by atoms with Gasteiger partial charge in [-0.05, 0) is 146 Å². The number of aliphatic hydroxyl groups is 2. The quantitative estimate of drug-likeness (QED) is 0.0303. The Labute approximate surface area is 839 Å². The fourth-order valence-corrected chi connectivity index (χ4v) is 19.3. The molecule has 0 aliphatic carbocycles. The third-order valence-electron chi connectivity index (χ3n) is 22.9. The lowest BCUT2D eigenvalue weighted by Gasteiger charge is -2.28. The number of benzene rings is 5. The number of halogens is 3. The molecular weight excluding hydrogens is 1930 g/mol. The van der Waals surface area contributed by atoms with E-state index in [0.717, 1.165) is 83.1 Å². The van der Waals surface area contributed by atoms with Gasteiger partial charge in [0.1, 0.15) is 119 Å². The van der Waals surface area contributed by atoms with Gasteiger partial charge in [0.2, 0.25) is 0 Å². The number of thiophene rings is 3. The van der Waals surface area contributed by atoms with Crippen molar-refractivity contribution in [2.45, 2.75) is 213 Å². The van der Waals surface area contributed by atoms with Crippen LogP contribution in [-0.2, 0) is 97.2 Å². The Kier molecular flexibility index (Phi) is 39.8. The topological polar surface area (TPSA) is 452 Å². The molecule has 0 fully saturated rings. The Morgan fingerprint density at radius 3 is 0.986 bits per heavy atom. The summed E-state index contributed by atoms with van der Waals surface area (Å²) >= 11 is 3.26. The van der Waals surface area contributed by atoms with Crippen LogP contribution in [0.1, 0.15) is 187 Å². The third-order valence-corrected chi connectivity index (χ3v) is 26.7. The van der Waals surface area contributed by atoms with Gasteiger partial charge in [-0.25, -0.2) is 55.6 Å². The van der Waals surface area contributed by atoms with Crippen molar-refractivity contribution in [2.24, 2.45) is 17.8 Å². The summed E-state index contributed by atoms with van der Waals surface area (Å²) in [5.41, 5.74) is -5.20. The minimum atomic E-state index is -1.54. The lowest BCUT2D eigenvalue weighted by atomic mass is 9.91. The first-order chi connectivity index (χ1) is 66.8. The predicted molar refractivity (Wildman–Crippen MR) is 540 cm³/mol. The number of ether oxygens (including phenoxy) is 7. The minimum Gasteiger partial charge on any atom is -0.496 e. The zero-order chi connectivity index (χ0) is 103. The first-order valence-electron chi connectivity index (χ1n) is 44.5. The molecular formula is C101H122F3N15O22S3. The number of hydrogen-bond donors (Lipinski definition) is 3. The summed E-state index contributed by atoms with van der Waals surface area (Å²) in [6.45, 7) is 23.3. The maximum Gasteiger partial charge on any atom is 0.333 e. The summed E-state index contributed by atoms with van der Waals surface area (Å²) < 4.78 is 87.8. The van der Waals surface area contributed by atoms with Gasteiger partial charge < -0.3 is 48.5 Å². The highest BCUT2D eigenvalue weighted by Gasteiger charge is 2.41. The number of esters is 2. The summed E-state index contributed by atoms with van der Waals surface area (Å²) in [5.74, 6) is -4.92. The third kappa shape index (κ3) is 25.9. The number of aryl methyl sites for hydroxylation is 3. The Hall–Kier alpha value is -14.1.